The van der Waals surface area contributed by atoms with Crippen molar-refractivity contribution in [2.75, 3.05) is 26.8 Å². The Labute approximate surface area is 148 Å². The zero-order chi connectivity index (χ0) is 19.4. The molecule has 0 bridgehead atoms. The molecule has 2 aromatic rings. The molecule has 1 amide bonds. The lowest BCUT2D eigenvalue weighted by Gasteiger charge is -2.15. The molecule has 140 valence electrons. The molecular weight excluding hydrogens is 344 g/mol. The monoisotopic (exact) mass is 364 g/mol. The van der Waals surface area contributed by atoms with Crippen LogP contribution in [0.5, 0.6) is 17.2 Å². The minimum atomic E-state index is -0.530. The van der Waals surface area contributed by atoms with Gasteiger partial charge >= 0.3 is 5.69 Å². The number of rotatable bonds is 6. The van der Waals surface area contributed by atoms with E-state index in [1.165, 1.54) is 58.2 Å². The summed E-state index contributed by atoms with van der Waals surface area (Å²) in [5, 5.41) is 0. The van der Waals surface area contributed by atoms with Gasteiger partial charge in [-0.2, -0.15) is 0 Å². The molecule has 2 rings (SSSR count). The van der Waals surface area contributed by atoms with E-state index in [-0.39, 0.29) is 11.4 Å². The molecule has 0 fully saturated rings. The van der Waals surface area contributed by atoms with E-state index in [1.54, 1.807) is 0 Å². The third kappa shape index (κ3) is 3.48. The Hall–Kier alpha value is -3.43. The summed E-state index contributed by atoms with van der Waals surface area (Å²) in [5.74, 6) is 0.598. The van der Waals surface area contributed by atoms with Crippen LogP contribution in [0.1, 0.15) is 10.4 Å². The highest BCUT2D eigenvalue weighted by atomic mass is 16.5. The first-order valence-corrected chi connectivity index (χ1v) is 7.47. The fourth-order valence-corrected chi connectivity index (χ4v) is 2.26. The van der Waals surface area contributed by atoms with Crippen molar-refractivity contribution < 1.29 is 19.0 Å². The number of hydrazine groups is 1. The number of hydrogen-bond donors (Lipinski definition) is 2. The van der Waals surface area contributed by atoms with Gasteiger partial charge in [-0.25, -0.2) is 4.79 Å². The quantitative estimate of drug-likeness (QED) is 0.686. The summed E-state index contributed by atoms with van der Waals surface area (Å²) < 4.78 is 17.7. The largest absolute Gasteiger partial charge is 0.493 e. The van der Waals surface area contributed by atoms with Crippen LogP contribution in [-0.4, -0.2) is 36.4 Å². The molecule has 0 aliphatic carbocycles. The lowest BCUT2D eigenvalue weighted by atomic mass is 10.1. The second-order valence-corrected chi connectivity index (χ2v) is 5.26. The zero-order valence-electron chi connectivity index (χ0n) is 15.1. The summed E-state index contributed by atoms with van der Waals surface area (Å²) in [6.45, 7) is 0. The number of nitrogens with zero attached hydrogens (tertiary/aromatic N) is 2. The first-order chi connectivity index (χ1) is 12.3. The molecule has 0 aliphatic rings. The van der Waals surface area contributed by atoms with E-state index in [4.69, 9.17) is 14.2 Å². The van der Waals surface area contributed by atoms with Gasteiger partial charge in [0.2, 0.25) is 5.75 Å². The molecule has 1 aromatic heterocycles. The third-order valence-corrected chi connectivity index (χ3v) is 3.76. The van der Waals surface area contributed by atoms with Crippen molar-refractivity contribution in [1.82, 2.24) is 14.6 Å². The molecule has 0 spiro atoms. The van der Waals surface area contributed by atoms with Gasteiger partial charge in [-0.3, -0.25) is 29.6 Å². The van der Waals surface area contributed by atoms with Crippen LogP contribution in [0.2, 0.25) is 0 Å². The third-order valence-electron chi connectivity index (χ3n) is 3.76. The Balaban J connectivity index is 2.29. The molecule has 26 heavy (non-hydrogen) atoms. The number of ether oxygens (including phenoxy) is 3. The Kier molecular flexibility index (Phi) is 5.55. The van der Waals surface area contributed by atoms with Gasteiger partial charge < -0.3 is 14.2 Å². The molecule has 10 heteroatoms. The number of hydrogen-bond acceptors (Lipinski definition) is 7. The SMILES string of the molecule is COc1cc(C(=O)NNc2cc(=O)n(C)c(=O)n2C)cc(OC)c1OC. The lowest BCUT2D eigenvalue weighted by Crippen LogP contribution is -2.40. The fourth-order valence-electron chi connectivity index (χ4n) is 2.26. The van der Waals surface area contributed by atoms with Gasteiger partial charge in [0.1, 0.15) is 5.82 Å². The number of carbonyl (C=O) groups is 1. The number of methoxy groups -OCH3 is 3. The molecule has 1 heterocycles. The smallest absolute Gasteiger partial charge is 0.332 e. The van der Waals surface area contributed by atoms with Crippen LogP contribution < -0.4 is 36.3 Å². The van der Waals surface area contributed by atoms with Crippen molar-refractivity contribution in [2.24, 2.45) is 14.1 Å². The van der Waals surface area contributed by atoms with E-state index in [1.807, 2.05) is 0 Å². The molecule has 0 saturated heterocycles. The molecule has 0 unspecified atom stereocenters. The van der Waals surface area contributed by atoms with Gasteiger partial charge in [-0.15, -0.1) is 0 Å². The van der Waals surface area contributed by atoms with Gasteiger partial charge in [0, 0.05) is 25.7 Å². The topological polar surface area (TPSA) is 113 Å². The minimum absolute atomic E-state index is 0.138. The number of amides is 1. The Morgan fingerprint density at radius 1 is 0.923 bits per heavy atom. The summed E-state index contributed by atoms with van der Waals surface area (Å²) in [5.41, 5.74) is 4.18. The van der Waals surface area contributed by atoms with E-state index >= 15 is 0 Å². The van der Waals surface area contributed by atoms with E-state index in [0.29, 0.717) is 17.2 Å². The summed E-state index contributed by atoms with van der Waals surface area (Å²) in [7, 11) is 7.16. The van der Waals surface area contributed by atoms with Crippen LogP contribution in [0.3, 0.4) is 0 Å². The second-order valence-electron chi connectivity index (χ2n) is 5.26. The van der Waals surface area contributed by atoms with Gasteiger partial charge in [0.05, 0.1) is 21.3 Å². The van der Waals surface area contributed by atoms with E-state index in [0.717, 1.165) is 4.57 Å². The number of benzene rings is 1. The highest BCUT2D eigenvalue weighted by Crippen LogP contribution is 2.38. The maximum absolute atomic E-state index is 12.4. The van der Waals surface area contributed by atoms with Crippen molar-refractivity contribution in [3.63, 3.8) is 0 Å². The summed E-state index contributed by atoms with van der Waals surface area (Å²) >= 11 is 0. The molecular formula is C16H20N4O6. The Bertz CT molecular complexity index is 922. The average Bonchev–Trinajstić information content (AvgIpc) is 2.66. The van der Waals surface area contributed by atoms with E-state index in [2.05, 4.69) is 10.9 Å². The predicted octanol–water partition coefficient (Wildman–Crippen LogP) is -0.133. The standard InChI is InChI=1S/C16H20N4O6/c1-19-12(8-13(21)20(2)16(19)23)17-18-15(22)9-6-10(24-3)14(26-5)11(7-9)25-4/h6-8,17H,1-5H3,(H,18,22). The number of anilines is 1. The normalized spacial score (nSPS) is 10.2. The van der Waals surface area contributed by atoms with Crippen molar-refractivity contribution in [3.8, 4) is 17.2 Å². The maximum Gasteiger partial charge on any atom is 0.332 e. The fraction of sp³-hybridized carbons (Fsp3) is 0.312. The van der Waals surface area contributed by atoms with Gasteiger partial charge in [-0.1, -0.05) is 0 Å². The zero-order valence-corrected chi connectivity index (χ0v) is 15.1. The number of aromatic nitrogens is 2. The van der Waals surface area contributed by atoms with E-state index in [9.17, 15) is 14.4 Å². The molecule has 0 aliphatic heterocycles. The highest BCUT2D eigenvalue weighted by Gasteiger charge is 2.17. The van der Waals surface area contributed by atoms with Crippen molar-refractivity contribution in [1.29, 1.82) is 0 Å². The molecule has 1 aromatic carbocycles. The van der Waals surface area contributed by atoms with Crippen LogP contribution in [0, 0.1) is 0 Å². The summed E-state index contributed by atoms with van der Waals surface area (Å²) in [4.78, 5) is 36.0. The van der Waals surface area contributed by atoms with Crippen LogP contribution in [0.15, 0.2) is 27.8 Å². The van der Waals surface area contributed by atoms with Gasteiger partial charge in [-0.05, 0) is 12.1 Å². The van der Waals surface area contributed by atoms with Crippen molar-refractivity contribution >= 4 is 11.7 Å². The van der Waals surface area contributed by atoms with Crippen LogP contribution in [0.4, 0.5) is 5.82 Å². The minimum Gasteiger partial charge on any atom is -0.493 e. The number of carbonyl (C=O) groups excluding carboxylic acids is 1. The van der Waals surface area contributed by atoms with Gasteiger partial charge in [0.25, 0.3) is 11.5 Å². The van der Waals surface area contributed by atoms with Crippen molar-refractivity contribution in [2.45, 2.75) is 0 Å². The first kappa shape index (κ1) is 18.9. The maximum atomic E-state index is 12.4. The molecule has 0 radical (unpaired) electrons. The van der Waals surface area contributed by atoms with Crippen LogP contribution >= 0.6 is 0 Å². The summed E-state index contributed by atoms with van der Waals surface area (Å²) in [6.07, 6.45) is 0. The number of nitrogens with one attached hydrogen (secondary N) is 2. The molecule has 2 N–H and O–H groups in total. The Morgan fingerprint density at radius 3 is 2.00 bits per heavy atom. The molecule has 10 nitrogen and oxygen atoms in total. The second kappa shape index (κ2) is 7.64. The van der Waals surface area contributed by atoms with Crippen LogP contribution in [-0.2, 0) is 14.1 Å². The molecule has 0 atom stereocenters. The van der Waals surface area contributed by atoms with Crippen molar-refractivity contribution in [3.05, 3.63) is 44.6 Å². The summed E-state index contributed by atoms with van der Waals surface area (Å²) in [6, 6.07) is 4.14. The first-order valence-electron chi connectivity index (χ1n) is 7.47. The lowest BCUT2D eigenvalue weighted by molar-refractivity contribution is 0.0961. The average molecular weight is 364 g/mol. The Morgan fingerprint density at radius 2 is 1.50 bits per heavy atom. The predicted molar refractivity (Wildman–Crippen MR) is 94.1 cm³/mol. The molecule has 0 saturated carbocycles. The van der Waals surface area contributed by atoms with E-state index < -0.39 is 17.2 Å². The van der Waals surface area contributed by atoms with Gasteiger partial charge in [0.15, 0.2) is 11.5 Å². The van der Waals surface area contributed by atoms with Crippen LogP contribution in [0.25, 0.3) is 0 Å². The highest BCUT2D eigenvalue weighted by molar-refractivity contribution is 5.96.